The summed E-state index contributed by atoms with van der Waals surface area (Å²) >= 11 is 0. The minimum Gasteiger partial charge on any atom is -0.335 e. The van der Waals surface area contributed by atoms with Crippen LogP contribution in [0.25, 0.3) is 0 Å². The number of piperazine rings is 1. The van der Waals surface area contributed by atoms with E-state index in [4.69, 9.17) is 0 Å². The molecule has 13 heavy (non-hydrogen) atoms. The molecular weight excluding hydrogens is 164 g/mol. The summed E-state index contributed by atoms with van der Waals surface area (Å²) in [5.74, 6) is 0.204. The third kappa shape index (κ3) is 2.21. The Morgan fingerprint density at radius 2 is 1.77 bits per heavy atom. The first-order valence-electron chi connectivity index (χ1n) is 5.07. The zero-order valence-electron chi connectivity index (χ0n) is 9.08. The van der Waals surface area contributed by atoms with Gasteiger partial charge in [-0.05, 0) is 20.4 Å². The minimum absolute atomic E-state index is 0.204. The summed E-state index contributed by atoms with van der Waals surface area (Å²) < 4.78 is 0. The molecule has 1 heterocycles. The Morgan fingerprint density at radius 1 is 1.31 bits per heavy atom. The molecular formula is C10H20N2O. The van der Waals surface area contributed by atoms with Crippen LogP contribution in [0, 0.1) is 0 Å². The lowest BCUT2D eigenvalue weighted by Crippen LogP contribution is -2.57. The van der Waals surface area contributed by atoms with Crippen molar-refractivity contribution in [3.63, 3.8) is 0 Å². The fourth-order valence-electron chi connectivity index (χ4n) is 2.31. The standard InChI is InChI=1S/C10H20N2O/c1-5-11-6-8(2)12(10(4)13)9(3)7-11/h8-9H,5-7H2,1-4H3. The highest BCUT2D eigenvalue weighted by molar-refractivity contribution is 5.74. The molecule has 1 aliphatic rings. The van der Waals surface area contributed by atoms with E-state index in [1.54, 1.807) is 6.92 Å². The summed E-state index contributed by atoms with van der Waals surface area (Å²) in [7, 11) is 0. The van der Waals surface area contributed by atoms with E-state index in [0.29, 0.717) is 12.1 Å². The molecule has 1 rings (SSSR count). The van der Waals surface area contributed by atoms with Crippen molar-refractivity contribution in [1.29, 1.82) is 0 Å². The number of nitrogens with zero attached hydrogens (tertiary/aromatic N) is 2. The van der Waals surface area contributed by atoms with E-state index >= 15 is 0 Å². The average molecular weight is 184 g/mol. The number of amides is 1. The number of carbonyl (C=O) groups is 1. The van der Waals surface area contributed by atoms with E-state index in [1.807, 2.05) is 4.90 Å². The number of rotatable bonds is 1. The van der Waals surface area contributed by atoms with E-state index in [2.05, 4.69) is 25.7 Å². The van der Waals surface area contributed by atoms with Gasteiger partial charge in [0.15, 0.2) is 0 Å². The van der Waals surface area contributed by atoms with Gasteiger partial charge in [-0.25, -0.2) is 0 Å². The van der Waals surface area contributed by atoms with Crippen molar-refractivity contribution in [3.8, 4) is 0 Å². The van der Waals surface area contributed by atoms with Crippen molar-refractivity contribution in [2.24, 2.45) is 0 Å². The van der Waals surface area contributed by atoms with Crippen LogP contribution in [0.5, 0.6) is 0 Å². The fourth-order valence-corrected chi connectivity index (χ4v) is 2.31. The summed E-state index contributed by atoms with van der Waals surface area (Å²) in [4.78, 5) is 15.7. The van der Waals surface area contributed by atoms with Crippen molar-refractivity contribution < 1.29 is 4.79 Å². The molecule has 1 fully saturated rings. The molecule has 1 aliphatic heterocycles. The molecule has 0 N–H and O–H groups in total. The minimum atomic E-state index is 0.204. The van der Waals surface area contributed by atoms with E-state index < -0.39 is 0 Å². The van der Waals surface area contributed by atoms with Gasteiger partial charge in [0, 0.05) is 32.1 Å². The molecule has 0 aromatic carbocycles. The molecule has 0 bridgehead atoms. The first-order valence-corrected chi connectivity index (χ1v) is 5.07. The van der Waals surface area contributed by atoms with Gasteiger partial charge in [-0.3, -0.25) is 9.69 Å². The van der Waals surface area contributed by atoms with E-state index in [0.717, 1.165) is 19.6 Å². The van der Waals surface area contributed by atoms with Crippen LogP contribution >= 0.6 is 0 Å². The maximum absolute atomic E-state index is 11.3. The van der Waals surface area contributed by atoms with Crippen LogP contribution < -0.4 is 0 Å². The van der Waals surface area contributed by atoms with Crippen LogP contribution in [-0.4, -0.2) is 47.4 Å². The van der Waals surface area contributed by atoms with Gasteiger partial charge in [-0.15, -0.1) is 0 Å². The summed E-state index contributed by atoms with van der Waals surface area (Å²) in [6.45, 7) is 11.2. The van der Waals surface area contributed by atoms with Crippen LogP contribution in [0.3, 0.4) is 0 Å². The quantitative estimate of drug-likeness (QED) is 0.605. The highest BCUT2D eigenvalue weighted by atomic mass is 16.2. The maximum atomic E-state index is 11.3. The second kappa shape index (κ2) is 4.09. The molecule has 0 saturated carbocycles. The first kappa shape index (κ1) is 10.5. The monoisotopic (exact) mass is 184 g/mol. The van der Waals surface area contributed by atoms with Gasteiger partial charge in [-0.2, -0.15) is 0 Å². The topological polar surface area (TPSA) is 23.6 Å². The summed E-state index contributed by atoms with van der Waals surface area (Å²) in [5.41, 5.74) is 0. The third-order valence-electron chi connectivity index (χ3n) is 2.81. The molecule has 2 unspecified atom stereocenters. The van der Waals surface area contributed by atoms with Crippen molar-refractivity contribution in [3.05, 3.63) is 0 Å². The van der Waals surface area contributed by atoms with Crippen molar-refractivity contribution in [2.45, 2.75) is 39.8 Å². The third-order valence-corrected chi connectivity index (χ3v) is 2.81. The molecule has 0 spiro atoms. The smallest absolute Gasteiger partial charge is 0.220 e. The van der Waals surface area contributed by atoms with Crippen LogP contribution in [-0.2, 0) is 4.79 Å². The van der Waals surface area contributed by atoms with Crippen molar-refractivity contribution in [2.75, 3.05) is 19.6 Å². The molecule has 1 amide bonds. The summed E-state index contributed by atoms with van der Waals surface area (Å²) in [5, 5.41) is 0. The lowest BCUT2D eigenvalue weighted by molar-refractivity contribution is -0.136. The van der Waals surface area contributed by atoms with Gasteiger partial charge in [-0.1, -0.05) is 6.92 Å². The van der Waals surface area contributed by atoms with Gasteiger partial charge in [0.1, 0.15) is 0 Å². The second-order valence-electron chi connectivity index (χ2n) is 3.98. The largest absolute Gasteiger partial charge is 0.335 e. The van der Waals surface area contributed by atoms with Gasteiger partial charge >= 0.3 is 0 Å². The molecule has 3 nitrogen and oxygen atoms in total. The van der Waals surface area contributed by atoms with Crippen molar-refractivity contribution in [1.82, 2.24) is 9.80 Å². The fraction of sp³-hybridized carbons (Fsp3) is 0.900. The SMILES string of the molecule is CCN1CC(C)N(C(C)=O)C(C)C1. The maximum Gasteiger partial charge on any atom is 0.220 e. The summed E-state index contributed by atoms with van der Waals surface area (Å²) in [6, 6.07) is 0.724. The molecule has 0 aromatic rings. The zero-order chi connectivity index (χ0) is 10.0. The number of carbonyl (C=O) groups excluding carboxylic acids is 1. The lowest BCUT2D eigenvalue weighted by atomic mass is 10.1. The molecule has 1 saturated heterocycles. The van der Waals surface area contributed by atoms with Gasteiger partial charge in [0.25, 0.3) is 0 Å². The lowest BCUT2D eigenvalue weighted by Gasteiger charge is -2.43. The van der Waals surface area contributed by atoms with Crippen LogP contribution in [0.4, 0.5) is 0 Å². The van der Waals surface area contributed by atoms with E-state index in [-0.39, 0.29) is 5.91 Å². The highest BCUT2D eigenvalue weighted by Gasteiger charge is 2.29. The molecule has 76 valence electrons. The predicted octanol–water partition coefficient (Wildman–Crippen LogP) is 0.947. The Balaban J connectivity index is 2.64. The number of hydrogen-bond donors (Lipinski definition) is 0. The summed E-state index contributed by atoms with van der Waals surface area (Å²) in [6.07, 6.45) is 0. The molecule has 3 heteroatoms. The molecule has 0 radical (unpaired) electrons. The predicted molar refractivity (Wildman–Crippen MR) is 53.6 cm³/mol. The number of likely N-dealkylation sites (N-methyl/N-ethyl adjacent to an activating group) is 1. The Kier molecular flexibility index (Phi) is 3.31. The van der Waals surface area contributed by atoms with E-state index in [9.17, 15) is 4.79 Å². The Hall–Kier alpha value is -0.570. The first-order chi connectivity index (χ1) is 6.06. The van der Waals surface area contributed by atoms with Crippen LogP contribution in [0.1, 0.15) is 27.7 Å². The normalized spacial score (nSPS) is 30.6. The number of hydrogen-bond acceptors (Lipinski definition) is 2. The van der Waals surface area contributed by atoms with Gasteiger partial charge in [0.05, 0.1) is 0 Å². The highest BCUT2D eigenvalue weighted by Crippen LogP contribution is 2.15. The Bertz CT molecular complexity index is 181. The zero-order valence-corrected chi connectivity index (χ0v) is 9.08. The van der Waals surface area contributed by atoms with Crippen LogP contribution in [0.15, 0.2) is 0 Å². The Morgan fingerprint density at radius 3 is 2.08 bits per heavy atom. The second-order valence-corrected chi connectivity index (χ2v) is 3.98. The van der Waals surface area contributed by atoms with E-state index in [1.165, 1.54) is 0 Å². The molecule has 2 atom stereocenters. The average Bonchev–Trinajstić information content (AvgIpc) is 2.02. The molecule has 0 aromatic heterocycles. The van der Waals surface area contributed by atoms with Gasteiger partial charge < -0.3 is 4.90 Å². The van der Waals surface area contributed by atoms with Crippen LogP contribution in [0.2, 0.25) is 0 Å². The Labute approximate surface area is 80.7 Å². The molecule has 0 aliphatic carbocycles. The van der Waals surface area contributed by atoms with Crippen molar-refractivity contribution >= 4 is 5.91 Å². The van der Waals surface area contributed by atoms with Gasteiger partial charge in [0.2, 0.25) is 5.91 Å².